The maximum atomic E-state index is 13.6. The van der Waals surface area contributed by atoms with Crippen molar-refractivity contribution >= 4 is 38.6 Å². The Morgan fingerprint density at radius 3 is 2.80 bits per heavy atom. The monoisotopic (exact) mass is 508 g/mol. The number of nitrogens with zero attached hydrogens (tertiary/aromatic N) is 4. The molecule has 0 aliphatic rings. The van der Waals surface area contributed by atoms with Gasteiger partial charge in [-0.15, -0.1) is 16.4 Å². The molecule has 0 radical (unpaired) electrons. The minimum Gasteiger partial charge on any atom is -0.496 e. The summed E-state index contributed by atoms with van der Waals surface area (Å²) in [6, 6.07) is 11.9. The van der Waals surface area contributed by atoms with Gasteiger partial charge in [-0.2, -0.15) is 0 Å². The number of hydrogen-bond donors (Lipinski definition) is 0. The number of halogens is 1. The highest BCUT2D eigenvalue weighted by molar-refractivity contribution is 7.18. The van der Waals surface area contributed by atoms with Crippen molar-refractivity contribution in [2.45, 2.75) is 6.61 Å². The Morgan fingerprint density at radius 2 is 2.00 bits per heavy atom. The zero-order valence-corrected chi connectivity index (χ0v) is 20.2. The number of furan rings is 1. The van der Waals surface area contributed by atoms with Crippen molar-refractivity contribution in [2.75, 3.05) is 14.2 Å². The lowest BCUT2D eigenvalue weighted by Crippen LogP contribution is -1.97. The minimum absolute atomic E-state index is 0.235. The van der Waals surface area contributed by atoms with E-state index in [2.05, 4.69) is 15.1 Å². The molecule has 0 saturated heterocycles. The number of imidazole rings is 1. The number of ether oxygens (including phenoxy) is 3. The Kier molecular flexibility index (Phi) is 5.34. The van der Waals surface area contributed by atoms with Crippen LogP contribution in [0.4, 0.5) is 4.39 Å². The van der Waals surface area contributed by atoms with Crippen molar-refractivity contribution in [2.24, 2.45) is 0 Å². The van der Waals surface area contributed by atoms with Crippen LogP contribution in [0.15, 0.2) is 58.5 Å². The number of methoxy groups -OCH3 is 2. The van der Waals surface area contributed by atoms with Gasteiger partial charge in [-0.1, -0.05) is 12.1 Å². The maximum Gasteiger partial charge on any atom is 0.294 e. The zero-order valence-electron chi connectivity index (χ0n) is 18.5. The van der Waals surface area contributed by atoms with Crippen LogP contribution in [0.5, 0.6) is 16.7 Å². The Balaban J connectivity index is 1.29. The molecular weight excluding hydrogens is 491 g/mol. The van der Waals surface area contributed by atoms with Gasteiger partial charge in [-0.05, 0) is 29.5 Å². The van der Waals surface area contributed by atoms with E-state index in [0.29, 0.717) is 38.7 Å². The van der Waals surface area contributed by atoms with E-state index in [-0.39, 0.29) is 12.4 Å². The number of benzene rings is 2. The van der Waals surface area contributed by atoms with Crippen LogP contribution in [-0.4, -0.2) is 33.8 Å². The number of hydrogen-bond acceptors (Lipinski definition) is 9. The maximum absolute atomic E-state index is 13.6. The van der Waals surface area contributed by atoms with Crippen molar-refractivity contribution < 1.29 is 23.0 Å². The van der Waals surface area contributed by atoms with E-state index in [4.69, 9.17) is 18.6 Å². The van der Waals surface area contributed by atoms with Crippen LogP contribution in [0.3, 0.4) is 0 Å². The first-order chi connectivity index (χ1) is 17.1. The summed E-state index contributed by atoms with van der Waals surface area (Å²) in [7, 11) is 3.16. The fourth-order valence-electron chi connectivity index (χ4n) is 3.61. The van der Waals surface area contributed by atoms with Crippen LogP contribution >= 0.6 is 22.7 Å². The summed E-state index contributed by atoms with van der Waals surface area (Å²) < 4.78 is 38.0. The standard InChI is InChI=1S/C24H17FN4O4S2/c1-30-16-7-19(32-11-15-12-34-22(26-15)13-4-3-5-14(25)6-13)17-9-21(33-20(17)8-16)18-10-29-23(27-18)35-24(28-29)31-2/h3-10,12H,11H2,1-2H3. The Labute approximate surface area is 206 Å². The van der Waals surface area contributed by atoms with E-state index < -0.39 is 0 Å². The van der Waals surface area contributed by atoms with Crippen LogP contribution in [0.1, 0.15) is 5.69 Å². The van der Waals surface area contributed by atoms with Gasteiger partial charge in [0.15, 0.2) is 5.76 Å². The number of aromatic nitrogens is 4. The van der Waals surface area contributed by atoms with Gasteiger partial charge in [-0.3, -0.25) is 0 Å². The van der Waals surface area contributed by atoms with Gasteiger partial charge in [0.2, 0.25) is 4.96 Å². The molecule has 0 aliphatic carbocycles. The highest BCUT2D eigenvalue weighted by atomic mass is 32.1. The second kappa shape index (κ2) is 8.67. The Morgan fingerprint density at radius 1 is 1.09 bits per heavy atom. The lowest BCUT2D eigenvalue weighted by atomic mass is 10.2. The van der Waals surface area contributed by atoms with Crippen LogP contribution in [0, 0.1) is 5.82 Å². The second-order valence-electron chi connectivity index (χ2n) is 7.52. The molecule has 0 saturated carbocycles. The molecule has 0 fully saturated rings. The van der Waals surface area contributed by atoms with Crippen LogP contribution in [-0.2, 0) is 6.61 Å². The van der Waals surface area contributed by atoms with Crippen LogP contribution in [0.25, 0.3) is 38.0 Å². The molecule has 0 atom stereocenters. The molecule has 35 heavy (non-hydrogen) atoms. The molecule has 176 valence electrons. The van der Waals surface area contributed by atoms with Gasteiger partial charge in [-0.25, -0.2) is 18.9 Å². The van der Waals surface area contributed by atoms with Gasteiger partial charge in [0.05, 0.1) is 31.5 Å². The van der Waals surface area contributed by atoms with E-state index in [1.165, 1.54) is 34.8 Å². The molecule has 8 nitrogen and oxygen atoms in total. The third-order valence-electron chi connectivity index (χ3n) is 5.26. The summed E-state index contributed by atoms with van der Waals surface area (Å²) in [6.45, 7) is 0.235. The molecular formula is C24H17FN4O4S2. The molecule has 0 amide bonds. The van der Waals surface area contributed by atoms with E-state index in [1.54, 1.807) is 43.1 Å². The topological polar surface area (TPSA) is 83.9 Å². The fraction of sp³-hybridized carbons (Fsp3) is 0.125. The van der Waals surface area contributed by atoms with E-state index in [0.717, 1.165) is 21.7 Å². The molecule has 0 N–H and O–H groups in total. The number of thiazole rings is 1. The SMILES string of the molecule is COc1cc(OCc2csc(-c3cccc(F)c3)n2)c2cc(-c3cn4nc(OC)sc4n3)oc2c1. The minimum atomic E-state index is -0.294. The quantitative estimate of drug-likeness (QED) is 0.259. The number of fused-ring (bicyclic) bond motifs is 2. The lowest BCUT2D eigenvalue weighted by molar-refractivity contribution is 0.303. The lowest BCUT2D eigenvalue weighted by Gasteiger charge is -2.07. The number of rotatable bonds is 7. The van der Waals surface area contributed by atoms with Crippen LogP contribution < -0.4 is 14.2 Å². The van der Waals surface area contributed by atoms with Crippen molar-refractivity contribution in [3.05, 3.63) is 65.6 Å². The first kappa shape index (κ1) is 21.6. The molecule has 2 aromatic carbocycles. The summed E-state index contributed by atoms with van der Waals surface area (Å²) in [4.78, 5) is 9.87. The third-order valence-corrected chi connectivity index (χ3v) is 7.08. The van der Waals surface area contributed by atoms with E-state index >= 15 is 0 Å². The first-order valence-electron chi connectivity index (χ1n) is 10.4. The molecule has 0 spiro atoms. The summed E-state index contributed by atoms with van der Waals surface area (Å²) in [5.41, 5.74) is 2.72. The summed E-state index contributed by atoms with van der Waals surface area (Å²) in [6.07, 6.45) is 1.78. The molecule has 0 unspecified atom stereocenters. The van der Waals surface area contributed by atoms with Crippen molar-refractivity contribution in [3.8, 4) is 38.7 Å². The largest absolute Gasteiger partial charge is 0.496 e. The second-order valence-corrected chi connectivity index (χ2v) is 9.29. The highest BCUT2D eigenvalue weighted by Crippen LogP contribution is 2.38. The molecule has 11 heteroatoms. The fourth-order valence-corrected chi connectivity index (χ4v) is 5.11. The van der Waals surface area contributed by atoms with Gasteiger partial charge in [0, 0.05) is 23.1 Å². The van der Waals surface area contributed by atoms with E-state index in [9.17, 15) is 4.39 Å². The summed E-state index contributed by atoms with van der Waals surface area (Å²) >= 11 is 2.78. The molecule has 0 bridgehead atoms. The summed E-state index contributed by atoms with van der Waals surface area (Å²) in [5.74, 6) is 1.48. The zero-order chi connectivity index (χ0) is 23.9. The predicted octanol–water partition coefficient (Wildman–Crippen LogP) is 6.06. The summed E-state index contributed by atoms with van der Waals surface area (Å²) in [5, 5.41) is 8.25. The third kappa shape index (κ3) is 4.08. The van der Waals surface area contributed by atoms with Crippen molar-refractivity contribution in [1.82, 2.24) is 19.6 Å². The van der Waals surface area contributed by atoms with Crippen molar-refractivity contribution in [3.63, 3.8) is 0 Å². The Bertz CT molecular complexity index is 1640. The molecule has 6 aromatic rings. The van der Waals surface area contributed by atoms with E-state index in [1.807, 2.05) is 17.5 Å². The molecule has 6 rings (SSSR count). The molecule has 4 aromatic heterocycles. The van der Waals surface area contributed by atoms with Gasteiger partial charge in [0.25, 0.3) is 5.19 Å². The van der Waals surface area contributed by atoms with Gasteiger partial charge >= 0.3 is 0 Å². The van der Waals surface area contributed by atoms with Gasteiger partial charge < -0.3 is 18.6 Å². The first-order valence-corrected chi connectivity index (χ1v) is 12.1. The molecule has 4 heterocycles. The average molecular weight is 509 g/mol. The average Bonchev–Trinajstić information content (AvgIpc) is 3.64. The predicted molar refractivity (Wildman–Crippen MR) is 131 cm³/mol. The molecule has 0 aliphatic heterocycles. The Hall–Kier alpha value is -3.96. The van der Waals surface area contributed by atoms with Crippen molar-refractivity contribution in [1.29, 1.82) is 0 Å². The highest BCUT2D eigenvalue weighted by Gasteiger charge is 2.17. The van der Waals surface area contributed by atoms with Gasteiger partial charge in [0.1, 0.15) is 40.2 Å². The van der Waals surface area contributed by atoms with Crippen LogP contribution in [0.2, 0.25) is 0 Å². The normalized spacial score (nSPS) is 11.4. The smallest absolute Gasteiger partial charge is 0.294 e.